The van der Waals surface area contributed by atoms with E-state index < -0.39 is 34.8 Å². The molecule has 0 aliphatic rings. The summed E-state index contributed by atoms with van der Waals surface area (Å²) >= 11 is 6.45. The van der Waals surface area contributed by atoms with Gasteiger partial charge in [-0.3, -0.25) is 0 Å². The third kappa shape index (κ3) is 14.5. The Hall–Kier alpha value is -13.8. The van der Waals surface area contributed by atoms with Crippen molar-refractivity contribution in [2.75, 3.05) is 14.2 Å². The molecular weight excluding hydrogens is 1540 g/mol. The van der Waals surface area contributed by atoms with Gasteiger partial charge in [-0.15, -0.1) is 0 Å². The number of pyridine rings is 5. The molecular formula is C88H60F6N10O6S4. The second-order valence-electron chi connectivity index (χ2n) is 25.6. The van der Waals surface area contributed by atoms with Crippen molar-refractivity contribution in [1.82, 2.24) is 49.8 Å². The lowest BCUT2D eigenvalue weighted by Crippen LogP contribution is -1.94. The lowest BCUT2D eigenvalue weighted by molar-refractivity contribution is 0.386. The van der Waals surface area contributed by atoms with Gasteiger partial charge in [-0.25, -0.2) is 51.3 Å². The van der Waals surface area contributed by atoms with Crippen molar-refractivity contribution in [2.24, 2.45) is 0 Å². The van der Waals surface area contributed by atoms with Crippen molar-refractivity contribution in [3.8, 4) is 140 Å². The highest BCUT2D eigenvalue weighted by Crippen LogP contribution is 2.47. The Labute approximate surface area is 660 Å². The Morgan fingerprint density at radius 2 is 0.684 bits per heavy atom. The van der Waals surface area contributed by atoms with Crippen LogP contribution in [0.25, 0.3) is 167 Å². The fourth-order valence-electron chi connectivity index (χ4n) is 13.9. The van der Waals surface area contributed by atoms with Crippen LogP contribution in [0.15, 0.2) is 261 Å². The molecule has 0 amide bonds. The highest BCUT2D eigenvalue weighted by molar-refractivity contribution is 7.09. The predicted molar refractivity (Wildman–Crippen MR) is 441 cm³/mol. The summed E-state index contributed by atoms with van der Waals surface area (Å²) in [6.45, 7) is 1.87. The van der Waals surface area contributed by atoms with Crippen LogP contribution in [0.4, 0.5) is 26.3 Å². The van der Waals surface area contributed by atoms with Crippen molar-refractivity contribution >= 4 is 101 Å². The van der Waals surface area contributed by atoms with Gasteiger partial charge in [0.15, 0.2) is 46.3 Å². The Kier molecular flexibility index (Phi) is 21.0. The maximum atomic E-state index is 14.1. The summed E-state index contributed by atoms with van der Waals surface area (Å²) < 4.78 is 99.1. The van der Waals surface area contributed by atoms with Gasteiger partial charge < -0.3 is 54.1 Å². The molecule has 564 valence electrons. The molecule has 0 radical (unpaired) electrons. The van der Waals surface area contributed by atoms with Gasteiger partial charge in [0.25, 0.3) is 0 Å². The molecule has 0 saturated carbocycles. The molecule has 0 atom stereocenters. The SMILES string of the molecule is COc1c(F)cc(F)cc1-c1c[nH]c2nccc(-c3ccsc3)c12.COc1c(F)cccc1-c1c[nH]c2nccc(-c3ccsc3)c12.Cc1ccc(-c2ccnc3[nH]cc(-c4cccc(F)c4O)c23)o1.Oc1c(F)cc(F)cc1-c1c[nH]c2nccc(-c3ccsc3)c12.Oc1ccccc1-c1c[nH]c2nccc(-c3ccsc3)c12. The molecule has 0 saturated heterocycles. The lowest BCUT2D eigenvalue weighted by Gasteiger charge is -2.10. The van der Waals surface area contributed by atoms with E-state index in [1.165, 1.54) is 38.0 Å². The zero-order valence-corrected chi connectivity index (χ0v) is 63.3. The van der Waals surface area contributed by atoms with Crippen LogP contribution >= 0.6 is 45.3 Å². The topological polar surface area (TPSA) is 236 Å². The van der Waals surface area contributed by atoms with Crippen molar-refractivity contribution in [1.29, 1.82) is 0 Å². The maximum absolute atomic E-state index is 14.1. The van der Waals surface area contributed by atoms with Crippen molar-refractivity contribution in [3.63, 3.8) is 0 Å². The number of aromatic hydroxyl groups is 3. The summed E-state index contributed by atoms with van der Waals surface area (Å²) in [5, 5.41) is 50.8. The van der Waals surface area contributed by atoms with Crippen LogP contribution < -0.4 is 9.47 Å². The summed E-state index contributed by atoms with van der Waals surface area (Å²) in [7, 11) is 2.85. The number of H-pyrrole nitrogens is 5. The summed E-state index contributed by atoms with van der Waals surface area (Å²) in [5.74, 6) is -3.07. The zero-order valence-electron chi connectivity index (χ0n) is 60.0. The summed E-state index contributed by atoms with van der Waals surface area (Å²) in [5.41, 5.74) is 18.7. The van der Waals surface area contributed by atoms with E-state index in [0.29, 0.717) is 67.5 Å². The maximum Gasteiger partial charge on any atom is 0.168 e. The molecule has 8 N–H and O–H groups in total. The van der Waals surface area contributed by atoms with Crippen LogP contribution in [-0.4, -0.2) is 79.4 Å². The fraction of sp³-hybridized carbons (Fsp3) is 0.0341. The van der Waals surface area contributed by atoms with E-state index in [2.05, 4.69) is 78.1 Å². The first kappa shape index (κ1) is 74.3. The number of nitrogens with one attached hydrogen (secondary N) is 5. The van der Waals surface area contributed by atoms with E-state index in [-0.39, 0.29) is 34.4 Å². The lowest BCUT2D eigenvalue weighted by atomic mass is 9.98. The van der Waals surface area contributed by atoms with Gasteiger partial charge in [0.1, 0.15) is 57.1 Å². The number of phenols is 3. The van der Waals surface area contributed by atoms with Crippen LogP contribution in [0.1, 0.15) is 5.76 Å². The van der Waals surface area contributed by atoms with Gasteiger partial charge in [-0.2, -0.15) is 45.3 Å². The standard InChI is InChI=1S/C18H12F2N2OS.C18H13FN2O2.C18H13FN2OS.C17H10F2N2OS.C17H12N2OS/c1-23-17-13(6-11(19)7-15(17)20)14-8-22-18-16(14)12(2-4-21-18)10-3-5-24-9-10;1-10-5-6-15(23-10)12-7-8-20-18-16(12)13(9-21-18)11-3-2-4-14(19)17(11)22;1-22-17-13(3-2-4-15(17)19)14-9-21-18-16(14)12(5-7-20-18)11-6-8-23-10-11;18-10-5-12(16(22)14(19)6-10)13-7-21-17-15(13)11(1-3-20-17)9-2-4-23-8-9;20-15-4-2-1-3-13(15)14-9-19-17-16(14)12(5-7-18-17)11-6-8-21-10-11/h2-9H,1H3,(H,21,22);2-9,22H,1H3,(H,20,21);2-10H,1H3,(H,20,21);1-8,22H,(H,20,21);1-10,20H,(H,18,19). The van der Waals surface area contributed by atoms with Gasteiger partial charge in [-0.05, 0) is 192 Å². The Morgan fingerprint density at radius 1 is 0.325 bits per heavy atom. The normalized spacial score (nSPS) is 11.1. The number of ether oxygens (including phenoxy) is 2. The Bertz CT molecular complexity index is 6830. The van der Waals surface area contributed by atoms with Gasteiger partial charge in [0.05, 0.1) is 14.2 Å². The number of hydrogen-bond donors (Lipinski definition) is 8. The molecule has 5 aromatic carbocycles. The number of fused-ring (bicyclic) bond motifs is 5. The van der Waals surface area contributed by atoms with E-state index in [1.54, 1.807) is 119 Å². The Balaban J connectivity index is 0.000000107. The highest BCUT2D eigenvalue weighted by atomic mass is 32.1. The third-order valence-electron chi connectivity index (χ3n) is 19.0. The monoisotopic (exact) mass is 1590 g/mol. The number of aromatic nitrogens is 10. The van der Waals surface area contributed by atoms with Gasteiger partial charge in [-0.1, -0.05) is 42.5 Å². The number of phenolic OH excluding ortho intramolecular Hbond substituents is 3. The van der Waals surface area contributed by atoms with Crippen LogP contribution in [-0.2, 0) is 0 Å². The number of aryl methyl sites for hydroxylation is 1. The van der Waals surface area contributed by atoms with E-state index in [0.717, 1.165) is 112 Å². The first-order valence-corrected chi connectivity index (χ1v) is 38.7. The molecule has 0 unspecified atom stereocenters. The highest BCUT2D eigenvalue weighted by Gasteiger charge is 2.25. The van der Waals surface area contributed by atoms with Crippen molar-refractivity contribution in [3.05, 3.63) is 297 Å². The minimum Gasteiger partial charge on any atom is -0.507 e. The number of thiophene rings is 4. The number of rotatable bonds is 12. The second-order valence-corrected chi connectivity index (χ2v) is 28.7. The summed E-state index contributed by atoms with van der Waals surface area (Å²) in [6, 6.07) is 42.1. The first-order chi connectivity index (χ1) is 55.6. The molecule has 20 aromatic rings. The molecule has 0 aliphatic carbocycles. The third-order valence-corrected chi connectivity index (χ3v) is 21.7. The number of furan rings is 1. The average molecular weight is 1600 g/mol. The summed E-state index contributed by atoms with van der Waals surface area (Å²) in [4.78, 5) is 37.1. The molecule has 20 rings (SSSR count). The molecule has 0 fully saturated rings. The van der Waals surface area contributed by atoms with Gasteiger partial charge in [0.2, 0.25) is 0 Å². The molecule has 26 heteroatoms. The largest absolute Gasteiger partial charge is 0.507 e. The van der Waals surface area contributed by atoms with Gasteiger partial charge in [0, 0.05) is 162 Å². The molecule has 15 aromatic heterocycles. The smallest absolute Gasteiger partial charge is 0.168 e. The number of halogens is 6. The van der Waals surface area contributed by atoms with Crippen LogP contribution in [0.2, 0.25) is 0 Å². The molecule has 15 heterocycles. The van der Waals surface area contributed by atoms with Crippen LogP contribution in [0, 0.1) is 41.8 Å². The van der Waals surface area contributed by atoms with E-state index in [4.69, 9.17) is 13.9 Å². The van der Waals surface area contributed by atoms with E-state index in [1.807, 2.05) is 125 Å². The minimum absolute atomic E-state index is 0.0115. The fourth-order valence-corrected chi connectivity index (χ4v) is 16.5. The predicted octanol–water partition coefficient (Wildman–Crippen LogP) is 24.6. The number of hydrogen-bond acceptors (Lipinski definition) is 15. The van der Waals surface area contributed by atoms with E-state index in [9.17, 15) is 41.7 Å². The number of nitrogens with zero attached hydrogens (tertiary/aromatic N) is 5. The van der Waals surface area contributed by atoms with Crippen LogP contribution in [0.5, 0.6) is 28.7 Å². The Morgan fingerprint density at radius 3 is 1.11 bits per heavy atom. The molecule has 0 spiro atoms. The van der Waals surface area contributed by atoms with E-state index >= 15 is 0 Å². The second kappa shape index (κ2) is 32.3. The number of aromatic amines is 5. The molecule has 114 heavy (non-hydrogen) atoms. The number of para-hydroxylation sites is 3. The summed E-state index contributed by atoms with van der Waals surface area (Å²) in [6.07, 6.45) is 17.4. The number of benzene rings is 5. The first-order valence-electron chi connectivity index (χ1n) is 34.9. The minimum atomic E-state index is -0.990. The van der Waals surface area contributed by atoms with Crippen molar-refractivity contribution < 1.29 is 55.6 Å². The molecule has 0 bridgehead atoms. The quantitative estimate of drug-likeness (QED) is 0.0536. The number of methoxy groups -OCH3 is 2. The molecule has 16 nitrogen and oxygen atoms in total. The van der Waals surface area contributed by atoms with Crippen molar-refractivity contribution in [2.45, 2.75) is 6.92 Å². The van der Waals surface area contributed by atoms with Gasteiger partial charge >= 0.3 is 0 Å². The molecule has 0 aliphatic heterocycles. The zero-order chi connectivity index (χ0) is 78.7. The average Bonchev–Trinajstić information content (AvgIpc) is 1.66. The van der Waals surface area contributed by atoms with Crippen LogP contribution in [0.3, 0.4) is 0 Å².